The van der Waals surface area contributed by atoms with E-state index < -0.39 is 0 Å². The molecular formula is C9H13ClOSi. The van der Waals surface area contributed by atoms with Crippen LogP contribution in [0.5, 0.6) is 0 Å². The summed E-state index contributed by atoms with van der Waals surface area (Å²) in [6.07, 6.45) is 0. The standard InChI is InChI=1S/C9H13ClOSi/c1-9(7-10,11-12)8-5-3-2-4-6-8/h2-6H,7H2,1,12H3. The van der Waals surface area contributed by atoms with Gasteiger partial charge in [-0.1, -0.05) is 30.3 Å². The van der Waals surface area contributed by atoms with E-state index in [2.05, 4.69) is 0 Å². The molecule has 0 spiro atoms. The van der Waals surface area contributed by atoms with Gasteiger partial charge in [-0.3, -0.25) is 0 Å². The van der Waals surface area contributed by atoms with Crippen LogP contribution in [0.25, 0.3) is 0 Å². The summed E-state index contributed by atoms with van der Waals surface area (Å²) >= 11 is 5.84. The van der Waals surface area contributed by atoms with Crippen molar-refractivity contribution in [1.29, 1.82) is 0 Å². The molecule has 0 radical (unpaired) electrons. The molecule has 0 aliphatic heterocycles. The van der Waals surface area contributed by atoms with Crippen molar-refractivity contribution in [1.82, 2.24) is 0 Å². The van der Waals surface area contributed by atoms with Crippen LogP contribution in [-0.2, 0) is 10.0 Å². The molecule has 1 unspecified atom stereocenters. The molecule has 1 rings (SSSR count). The van der Waals surface area contributed by atoms with Gasteiger partial charge < -0.3 is 4.43 Å². The second-order valence-electron chi connectivity index (χ2n) is 2.93. The molecule has 3 heteroatoms. The van der Waals surface area contributed by atoms with E-state index in [-0.39, 0.29) is 5.60 Å². The highest BCUT2D eigenvalue weighted by molar-refractivity contribution is 6.18. The second kappa shape index (κ2) is 4.08. The highest BCUT2D eigenvalue weighted by Gasteiger charge is 2.23. The Balaban J connectivity index is 2.95. The summed E-state index contributed by atoms with van der Waals surface area (Å²) in [5, 5.41) is 0. The van der Waals surface area contributed by atoms with Gasteiger partial charge in [0.25, 0.3) is 0 Å². The molecule has 0 amide bonds. The van der Waals surface area contributed by atoms with Gasteiger partial charge in [-0.15, -0.1) is 11.6 Å². The predicted molar refractivity (Wildman–Crippen MR) is 55.5 cm³/mol. The first kappa shape index (κ1) is 9.77. The van der Waals surface area contributed by atoms with E-state index in [0.717, 1.165) is 5.56 Å². The fraction of sp³-hybridized carbons (Fsp3) is 0.333. The maximum atomic E-state index is 5.84. The summed E-state index contributed by atoms with van der Waals surface area (Å²) in [6, 6.07) is 10.1. The molecule has 0 aliphatic carbocycles. The van der Waals surface area contributed by atoms with Crippen LogP contribution in [0.3, 0.4) is 0 Å². The normalized spacial score (nSPS) is 15.8. The number of halogens is 1. The zero-order valence-corrected chi connectivity index (χ0v) is 10.1. The summed E-state index contributed by atoms with van der Waals surface area (Å²) in [5.41, 5.74) is 0.852. The summed E-state index contributed by atoms with van der Waals surface area (Å²) in [7, 11) is 0.707. The number of benzene rings is 1. The molecule has 1 aromatic carbocycles. The maximum absolute atomic E-state index is 5.84. The van der Waals surface area contributed by atoms with Crippen molar-refractivity contribution in [2.45, 2.75) is 12.5 Å². The van der Waals surface area contributed by atoms with Gasteiger partial charge >= 0.3 is 0 Å². The summed E-state index contributed by atoms with van der Waals surface area (Å²) in [6.45, 7) is 2.02. The molecule has 1 nitrogen and oxygen atoms in total. The van der Waals surface area contributed by atoms with E-state index in [9.17, 15) is 0 Å². The minimum Gasteiger partial charge on any atom is -0.418 e. The summed E-state index contributed by atoms with van der Waals surface area (Å²) in [5.74, 6) is 0.501. The highest BCUT2D eigenvalue weighted by Crippen LogP contribution is 2.24. The molecule has 0 saturated heterocycles. The number of alkyl halides is 1. The average Bonchev–Trinajstić information content (AvgIpc) is 2.18. The minimum atomic E-state index is -0.297. The van der Waals surface area contributed by atoms with Gasteiger partial charge in [-0.2, -0.15) is 0 Å². The van der Waals surface area contributed by atoms with Crippen molar-refractivity contribution < 1.29 is 4.43 Å². The van der Waals surface area contributed by atoms with Gasteiger partial charge in [0.15, 0.2) is 0 Å². The number of rotatable bonds is 3. The molecule has 0 heterocycles. The minimum absolute atomic E-state index is 0.297. The van der Waals surface area contributed by atoms with Gasteiger partial charge in [0.1, 0.15) is 10.5 Å². The van der Waals surface area contributed by atoms with Crippen LogP contribution in [0.15, 0.2) is 30.3 Å². The lowest BCUT2D eigenvalue weighted by Crippen LogP contribution is -2.26. The second-order valence-corrected chi connectivity index (χ2v) is 3.61. The molecule has 0 aliphatic rings. The lowest BCUT2D eigenvalue weighted by Gasteiger charge is -2.26. The Morgan fingerprint density at radius 3 is 2.42 bits per heavy atom. The third-order valence-corrected chi connectivity index (χ3v) is 3.50. The predicted octanol–water partition coefficient (Wildman–Crippen LogP) is 1.44. The lowest BCUT2D eigenvalue weighted by atomic mass is 9.99. The third kappa shape index (κ3) is 1.89. The molecule has 1 atom stereocenters. The van der Waals surface area contributed by atoms with E-state index in [0.29, 0.717) is 16.4 Å². The van der Waals surface area contributed by atoms with E-state index in [1.807, 2.05) is 37.3 Å². The van der Waals surface area contributed by atoms with Crippen LogP contribution >= 0.6 is 11.6 Å². The monoisotopic (exact) mass is 200 g/mol. The van der Waals surface area contributed by atoms with Crippen LogP contribution < -0.4 is 0 Å². The van der Waals surface area contributed by atoms with Gasteiger partial charge in [-0.25, -0.2) is 0 Å². The molecule has 12 heavy (non-hydrogen) atoms. The quantitative estimate of drug-likeness (QED) is 0.530. The van der Waals surface area contributed by atoms with Crippen molar-refractivity contribution in [3.8, 4) is 0 Å². The highest BCUT2D eigenvalue weighted by atomic mass is 35.5. The molecule has 1 aromatic rings. The molecule has 0 saturated carbocycles. The van der Waals surface area contributed by atoms with E-state index in [4.69, 9.17) is 16.0 Å². The van der Waals surface area contributed by atoms with E-state index in [1.165, 1.54) is 0 Å². The number of hydrogen-bond donors (Lipinski definition) is 0. The van der Waals surface area contributed by atoms with Crippen LogP contribution in [0.4, 0.5) is 0 Å². The Kier molecular flexibility index (Phi) is 3.32. The third-order valence-electron chi connectivity index (χ3n) is 2.09. The lowest BCUT2D eigenvalue weighted by molar-refractivity contribution is 0.127. The SMILES string of the molecule is CC(CCl)(O[SiH3])c1ccccc1. The zero-order valence-electron chi connectivity index (χ0n) is 7.38. The maximum Gasteiger partial charge on any atom is 0.147 e. The van der Waals surface area contributed by atoms with E-state index >= 15 is 0 Å². The first-order valence-electron chi connectivity index (χ1n) is 3.89. The largest absolute Gasteiger partial charge is 0.418 e. The van der Waals surface area contributed by atoms with Crippen molar-refractivity contribution >= 4 is 22.1 Å². The van der Waals surface area contributed by atoms with Gasteiger partial charge in [0, 0.05) is 0 Å². The van der Waals surface area contributed by atoms with Crippen molar-refractivity contribution in [2.75, 3.05) is 5.88 Å². The van der Waals surface area contributed by atoms with Crippen LogP contribution in [0, 0.1) is 0 Å². The first-order chi connectivity index (χ1) is 5.73. The molecule has 0 N–H and O–H groups in total. The summed E-state index contributed by atoms with van der Waals surface area (Å²) < 4.78 is 5.48. The molecule has 0 aromatic heterocycles. The fourth-order valence-electron chi connectivity index (χ4n) is 1.04. The fourth-order valence-corrected chi connectivity index (χ4v) is 1.87. The average molecular weight is 201 g/mol. The van der Waals surface area contributed by atoms with Crippen LogP contribution in [0.1, 0.15) is 12.5 Å². The molecule has 0 fully saturated rings. The van der Waals surface area contributed by atoms with Crippen LogP contribution in [0.2, 0.25) is 0 Å². The Hall–Kier alpha value is -0.313. The Bertz CT molecular complexity index is 234. The van der Waals surface area contributed by atoms with Crippen molar-refractivity contribution in [2.24, 2.45) is 0 Å². The van der Waals surface area contributed by atoms with Gasteiger partial charge in [0.05, 0.1) is 11.5 Å². The van der Waals surface area contributed by atoms with Crippen LogP contribution in [-0.4, -0.2) is 16.4 Å². The zero-order chi connectivity index (χ0) is 9.03. The Labute approximate surface area is 81.2 Å². The molecule has 66 valence electrons. The molecular weight excluding hydrogens is 188 g/mol. The Morgan fingerprint density at radius 2 is 2.00 bits per heavy atom. The van der Waals surface area contributed by atoms with Gasteiger partial charge in [-0.05, 0) is 12.5 Å². The first-order valence-corrected chi connectivity index (χ1v) is 5.24. The van der Waals surface area contributed by atoms with Gasteiger partial charge in [0.2, 0.25) is 0 Å². The summed E-state index contributed by atoms with van der Waals surface area (Å²) in [4.78, 5) is 0. The van der Waals surface area contributed by atoms with E-state index in [1.54, 1.807) is 0 Å². The van der Waals surface area contributed by atoms with Crippen molar-refractivity contribution in [3.63, 3.8) is 0 Å². The topological polar surface area (TPSA) is 9.23 Å². The smallest absolute Gasteiger partial charge is 0.147 e. The number of hydrogen-bond acceptors (Lipinski definition) is 1. The molecule has 0 bridgehead atoms. The Morgan fingerprint density at radius 1 is 1.42 bits per heavy atom. The van der Waals surface area contributed by atoms with Crippen molar-refractivity contribution in [3.05, 3.63) is 35.9 Å².